The number of carboxylic acids is 1. The predicted octanol–water partition coefficient (Wildman–Crippen LogP) is 4.02. The molecule has 0 saturated heterocycles. The van der Waals surface area contributed by atoms with Gasteiger partial charge in [0, 0.05) is 9.85 Å². The Morgan fingerprint density at radius 3 is 2.81 bits per heavy atom. The van der Waals surface area contributed by atoms with Crippen LogP contribution in [0.2, 0.25) is 0 Å². The van der Waals surface area contributed by atoms with E-state index in [-0.39, 0.29) is 0 Å². The molecule has 0 saturated carbocycles. The highest BCUT2D eigenvalue weighted by molar-refractivity contribution is 9.10. The fourth-order valence-electron chi connectivity index (χ4n) is 1.62. The van der Waals surface area contributed by atoms with Crippen LogP contribution >= 0.6 is 27.3 Å². The third-order valence-electron chi connectivity index (χ3n) is 3.08. The van der Waals surface area contributed by atoms with Gasteiger partial charge in [-0.15, -0.1) is 11.3 Å². The number of aromatic nitrogens is 1. The molecule has 2 N–H and O–H groups in total. The zero-order valence-corrected chi connectivity index (χ0v) is 14.2. The molecule has 5 nitrogen and oxygen atoms in total. The van der Waals surface area contributed by atoms with Crippen LogP contribution in [0.5, 0.6) is 5.75 Å². The van der Waals surface area contributed by atoms with Gasteiger partial charge in [-0.05, 0) is 32.0 Å². The van der Waals surface area contributed by atoms with E-state index in [2.05, 4.69) is 26.2 Å². The van der Waals surface area contributed by atoms with Crippen LogP contribution in [0.4, 0.5) is 10.8 Å². The Morgan fingerprint density at radius 2 is 2.19 bits per heavy atom. The molecule has 0 spiro atoms. The summed E-state index contributed by atoms with van der Waals surface area (Å²) in [5, 5.41) is 14.8. The fourth-order valence-corrected chi connectivity index (χ4v) is 2.87. The molecule has 0 atom stereocenters. The molecule has 7 heteroatoms. The summed E-state index contributed by atoms with van der Waals surface area (Å²) in [6, 6.07) is 5.59. The van der Waals surface area contributed by atoms with Gasteiger partial charge in [0.15, 0.2) is 5.13 Å². The molecular formula is C14H15BrN2O3S. The lowest BCUT2D eigenvalue weighted by atomic mass is 9.90. The molecule has 0 unspecified atom stereocenters. The highest BCUT2D eigenvalue weighted by Crippen LogP contribution is 2.33. The smallest absolute Gasteiger partial charge is 0.315 e. The Labute approximate surface area is 135 Å². The number of benzene rings is 1. The van der Waals surface area contributed by atoms with Crippen LogP contribution in [0.1, 0.15) is 19.5 Å². The first-order chi connectivity index (χ1) is 9.84. The highest BCUT2D eigenvalue weighted by atomic mass is 79.9. The van der Waals surface area contributed by atoms with Gasteiger partial charge in [-0.25, -0.2) is 4.98 Å². The fraction of sp³-hybridized carbons (Fsp3) is 0.286. The van der Waals surface area contributed by atoms with Crippen LogP contribution < -0.4 is 10.1 Å². The molecule has 21 heavy (non-hydrogen) atoms. The van der Waals surface area contributed by atoms with Gasteiger partial charge in [0.2, 0.25) is 0 Å². The van der Waals surface area contributed by atoms with Gasteiger partial charge < -0.3 is 15.2 Å². The van der Waals surface area contributed by atoms with Gasteiger partial charge in [-0.2, -0.15) is 0 Å². The normalized spacial score (nSPS) is 11.2. The molecule has 0 aliphatic heterocycles. The van der Waals surface area contributed by atoms with Gasteiger partial charge in [0.05, 0.1) is 18.5 Å². The number of hydrogen-bond donors (Lipinski definition) is 2. The standard InChI is InChI=1S/C14H15BrN2O3S/c1-14(2,12(18)19)11-7-21-13(17-11)16-9-6-8(15)4-5-10(9)20-3/h4-7H,1-3H3,(H,16,17)(H,18,19). The average molecular weight is 371 g/mol. The van der Waals surface area contributed by atoms with Gasteiger partial charge in [-0.3, -0.25) is 4.79 Å². The first kappa shape index (κ1) is 15.8. The maximum Gasteiger partial charge on any atom is 0.315 e. The number of methoxy groups -OCH3 is 1. The number of anilines is 2. The molecule has 1 aromatic heterocycles. The molecule has 0 aliphatic carbocycles. The Hall–Kier alpha value is -1.60. The number of nitrogens with zero attached hydrogens (tertiary/aromatic N) is 1. The van der Waals surface area contributed by atoms with E-state index in [0.29, 0.717) is 16.6 Å². The number of carbonyl (C=O) groups is 1. The van der Waals surface area contributed by atoms with Gasteiger partial charge in [0.1, 0.15) is 11.2 Å². The summed E-state index contributed by atoms with van der Waals surface area (Å²) in [5.74, 6) is -0.216. The summed E-state index contributed by atoms with van der Waals surface area (Å²) in [6.07, 6.45) is 0. The van der Waals surface area contributed by atoms with Crippen molar-refractivity contribution in [3.63, 3.8) is 0 Å². The van der Waals surface area contributed by atoms with Crippen LogP contribution in [0.25, 0.3) is 0 Å². The van der Waals surface area contributed by atoms with E-state index in [0.717, 1.165) is 10.2 Å². The van der Waals surface area contributed by atoms with Crippen LogP contribution in [-0.4, -0.2) is 23.2 Å². The second-order valence-corrected chi connectivity index (χ2v) is 6.71. The minimum atomic E-state index is -1.02. The summed E-state index contributed by atoms with van der Waals surface area (Å²) in [6.45, 7) is 3.27. The Morgan fingerprint density at radius 1 is 1.48 bits per heavy atom. The second kappa shape index (κ2) is 6.03. The van der Waals surface area contributed by atoms with Crippen molar-refractivity contribution in [3.8, 4) is 5.75 Å². The summed E-state index contributed by atoms with van der Waals surface area (Å²) < 4.78 is 6.19. The number of hydrogen-bond acceptors (Lipinski definition) is 5. The van der Waals surface area contributed by atoms with E-state index < -0.39 is 11.4 Å². The molecule has 0 bridgehead atoms. The van der Waals surface area contributed by atoms with Crippen molar-refractivity contribution in [2.24, 2.45) is 0 Å². The van der Waals surface area contributed by atoms with E-state index in [9.17, 15) is 9.90 Å². The molecular weight excluding hydrogens is 356 g/mol. The van der Waals surface area contributed by atoms with Crippen molar-refractivity contribution in [1.82, 2.24) is 4.98 Å². The average Bonchev–Trinajstić information content (AvgIpc) is 2.88. The molecule has 1 aromatic carbocycles. The lowest BCUT2D eigenvalue weighted by molar-refractivity contribution is -0.142. The second-order valence-electron chi connectivity index (χ2n) is 4.94. The third-order valence-corrected chi connectivity index (χ3v) is 4.33. The Balaban J connectivity index is 2.28. The van der Waals surface area contributed by atoms with Crippen molar-refractivity contribution in [1.29, 1.82) is 0 Å². The number of nitrogens with one attached hydrogen (secondary N) is 1. The summed E-state index contributed by atoms with van der Waals surface area (Å²) in [4.78, 5) is 15.6. The van der Waals surface area contributed by atoms with E-state index in [1.54, 1.807) is 26.3 Å². The van der Waals surface area contributed by atoms with Crippen LogP contribution in [0.3, 0.4) is 0 Å². The summed E-state index contributed by atoms with van der Waals surface area (Å²) in [7, 11) is 1.59. The molecule has 0 aliphatic rings. The van der Waals surface area contributed by atoms with E-state index in [1.165, 1.54) is 11.3 Å². The molecule has 1 heterocycles. The SMILES string of the molecule is COc1ccc(Br)cc1Nc1nc(C(C)(C)C(=O)O)cs1. The van der Waals surface area contributed by atoms with Crippen molar-refractivity contribution >= 4 is 44.1 Å². The van der Waals surface area contributed by atoms with Crippen LogP contribution in [0.15, 0.2) is 28.1 Å². The third kappa shape index (κ3) is 3.36. The summed E-state index contributed by atoms with van der Waals surface area (Å²) in [5.41, 5.74) is 0.273. The number of aliphatic carboxylic acids is 1. The quantitative estimate of drug-likeness (QED) is 0.831. The van der Waals surface area contributed by atoms with Crippen molar-refractivity contribution in [2.45, 2.75) is 19.3 Å². The topological polar surface area (TPSA) is 71.5 Å². The Bertz CT molecular complexity index is 670. The number of carboxylic acid groups (broad SMARTS) is 1. The largest absolute Gasteiger partial charge is 0.495 e. The molecule has 2 rings (SSSR count). The molecule has 0 radical (unpaired) electrons. The molecule has 112 valence electrons. The highest BCUT2D eigenvalue weighted by Gasteiger charge is 2.32. The minimum Gasteiger partial charge on any atom is -0.495 e. The predicted molar refractivity (Wildman–Crippen MR) is 86.8 cm³/mol. The van der Waals surface area contributed by atoms with Crippen LogP contribution in [-0.2, 0) is 10.2 Å². The summed E-state index contributed by atoms with van der Waals surface area (Å²) >= 11 is 4.76. The van der Waals surface area contributed by atoms with Crippen LogP contribution in [0, 0.1) is 0 Å². The van der Waals surface area contributed by atoms with Gasteiger partial charge in [-0.1, -0.05) is 15.9 Å². The molecule has 2 aromatic rings. The number of thiazole rings is 1. The van der Waals surface area contributed by atoms with Crippen molar-refractivity contribution in [2.75, 3.05) is 12.4 Å². The van der Waals surface area contributed by atoms with E-state index in [1.807, 2.05) is 18.2 Å². The van der Waals surface area contributed by atoms with Gasteiger partial charge >= 0.3 is 5.97 Å². The zero-order valence-electron chi connectivity index (χ0n) is 11.8. The maximum atomic E-state index is 11.3. The maximum absolute atomic E-state index is 11.3. The lowest BCUT2D eigenvalue weighted by Gasteiger charge is -2.15. The first-order valence-electron chi connectivity index (χ1n) is 6.14. The monoisotopic (exact) mass is 370 g/mol. The van der Waals surface area contributed by atoms with Gasteiger partial charge in [0.25, 0.3) is 0 Å². The minimum absolute atomic E-state index is 0.525. The van der Waals surface area contributed by atoms with E-state index in [4.69, 9.17) is 4.74 Å². The van der Waals surface area contributed by atoms with Crippen molar-refractivity contribution < 1.29 is 14.6 Å². The molecule has 0 amide bonds. The Kier molecular flexibility index (Phi) is 4.53. The van der Waals surface area contributed by atoms with Crippen molar-refractivity contribution in [3.05, 3.63) is 33.7 Å². The zero-order chi connectivity index (χ0) is 15.6. The lowest BCUT2D eigenvalue weighted by Crippen LogP contribution is -2.28. The first-order valence-corrected chi connectivity index (χ1v) is 7.82. The number of rotatable bonds is 5. The van der Waals surface area contributed by atoms with E-state index >= 15 is 0 Å². The number of halogens is 1. The number of ether oxygens (including phenoxy) is 1. The molecule has 0 fully saturated rings.